The number of primary amides is 2. The van der Waals surface area contributed by atoms with Crippen LogP contribution in [0.5, 0.6) is 0 Å². The summed E-state index contributed by atoms with van der Waals surface area (Å²) in [7, 11) is 0. The molecule has 0 spiro atoms. The molecule has 0 saturated heterocycles. The summed E-state index contributed by atoms with van der Waals surface area (Å²) in [5, 5.41) is 49.8. The zero-order chi connectivity index (χ0) is 62.6. The molecule has 0 bridgehead atoms. The number of unbranched alkanes of at least 4 members (excludes halogenated alkanes) is 2. The molecule has 0 aliphatic rings. The van der Waals surface area contributed by atoms with Crippen LogP contribution in [-0.2, 0) is 52.7 Å². The second-order valence-electron chi connectivity index (χ2n) is 19.0. The number of hydrogen-bond acceptors (Lipinski definition) is 19. The van der Waals surface area contributed by atoms with Crippen molar-refractivity contribution in [2.45, 2.75) is 170 Å². The fourth-order valence-corrected chi connectivity index (χ4v) is 7.46. The maximum absolute atomic E-state index is 14.2. The average Bonchev–Trinajstić information content (AvgIpc) is 3.37. The standard InChI is InChI=1S/C46H88N22O14/c1-22(69)33(67-38(76)26(12-4-6-16-48)61-35(73)24(49)10-7-17-58-44(52)53)41(79)63-25(11-3-5-15-47)36(74)62-27(13-8-18-59-45(54)55)37(75)65-30(21-32(51)72)40(78)68-34(23(2)70)42(80)66-29(20-31(50)71)39(77)64-28(43(81)82)14-9-19-60-46(56)57/h22-30,33-34,69-70H,3-21,47-49H2,1-2H3,(H2,50,71)(H2,51,72)(H,61,73)(H,62,74)(H,63,79)(H,64,77)(H,65,75)(H,66,80)(H,67,76)(H,68,78)(H,81,82)(H4,52,53,58)(H4,54,55,59)(H4,56,57,60)/t22-,23-,24+,25+,26+,27+,28+,29+,30+,33+,34+/m1/s1. The van der Waals surface area contributed by atoms with Crippen LogP contribution in [0.25, 0.3) is 0 Å². The topological polar surface area (TPSA) is 668 Å². The molecular formula is C46H88N22O14. The van der Waals surface area contributed by atoms with Gasteiger partial charge in [0.25, 0.3) is 0 Å². The van der Waals surface area contributed by atoms with Gasteiger partial charge in [-0.05, 0) is 104 Å². The number of aliphatic hydroxyl groups is 2. The number of nitrogens with zero attached hydrogens (tertiary/aromatic N) is 3. The quantitative estimate of drug-likeness (QED) is 0.0153. The number of carbonyl (C=O) groups is 11. The molecule has 33 N–H and O–H groups in total. The zero-order valence-electron chi connectivity index (χ0n) is 46.3. The maximum Gasteiger partial charge on any atom is 0.326 e. The highest BCUT2D eigenvalue weighted by Gasteiger charge is 2.37. The van der Waals surface area contributed by atoms with Gasteiger partial charge in [0, 0.05) is 19.6 Å². The predicted octanol–water partition coefficient (Wildman–Crippen LogP) is -10.8. The summed E-state index contributed by atoms with van der Waals surface area (Å²) in [6.07, 6.45) is -4.00. The van der Waals surface area contributed by atoms with E-state index in [1.165, 1.54) is 6.92 Å². The van der Waals surface area contributed by atoms with E-state index in [9.17, 15) is 68.1 Å². The average molecular weight is 1170 g/mol. The van der Waals surface area contributed by atoms with Crippen molar-refractivity contribution in [3.8, 4) is 0 Å². The molecule has 466 valence electrons. The van der Waals surface area contributed by atoms with Crippen molar-refractivity contribution in [1.82, 2.24) is 42.5 Å². The Bertz CT molecular complexity index is 2210. The van der Waals surface area contributed by atoms with Gasteiger partial charge in [-0.1, -0.05) is 0 Å². The number of guanidine groups is 3. The van der Waals surface area contributed by atoms with E-state index in [0.29, 0.717) is 25.7 Å². The number of rotatable bonds is 43. The molecule has 0 fully saturated rings. The second-order valence-corrected chi connectivity index (χ2v) is 19.0. The van der Waals surface area contributed by atoms with Crippen molar-refractivity contribution in [1.29, 1.82) is 0 Å². The summed E-state index contributed by atoms with van der Waals surface area (Å²) in [5.41, 5.74) is 60.3. The van der Waals surface area contributed by atoms with Gasteiger partial charge in [0.1, 0.15) is 48.3 Å². The molecule has 0 saturated carbocycles. The predicted molar refractivity (Wildman–Crippen MR) is 298 cm³/mol. The Hall–Kier alpha value is -8.22. The van der Waals surface area contributed by atoms with E-state index in [2.05, 4.69) is 57.5 Å². The molecule has 0 aliphatic heterocycles. The number of carboxylic acids is 1. The molecular weight excluding hydrogens is 1080 g/mol. The molecule has 0 aliphatic carbocycles. The number of aliphatic hydroxyl groups excluding tert-OH is 2. The zero-order valence-corrected chi connectivity index (χ0v) is 46.3. The molecule has 0 aromatic carbocycles. The minimum Gasteiger partial charge on any atom is -0.480 e. The Morgan fingerprint density at radius 1 is 0.378 bits per heavy atom. The lowest BCUT2D eigenvalue weighted by Crippen LogP contribution is -2.62. The van der Waals surface area contributed by atoms with Crippen LogP contribution in [0.15, 0.2) is 15.0 Å². The third-order valence-corrected chi connectivity index (χ3v) is 11.8. The fourth-order valence-electron chi connectivity index (χ4n) is 7.46. The number of amides is 10. The van der Waals surface area contributed by atoms with E-state index in [4.69, 9.17) is 63.1 Å². The molecule has 10 amide bonds. The summed E-state index contributed by atoms with van der Waals surface area (Å²) < 4.78 is 0. The largest absolute Gasteiger partial charge is 0.480 e. The van der Waals surface area contributed by atoms with Crippen molar-refractivity contribution in [2.24, 2.45) is 78.0 Å². The van der Waals surface area contributed by atoms with Gasteiger partial charge in [0.15, 0.2) is 17.9 Å². The third-order valence-electron chi connectivity index (χ3n) is 11.8. The highest BCUT2D eigenvalue weighted by molar-refractivity contribution is 6.00. The first-order valence-electron chi connectivity index (χ1n) is 26.4. The molecule has 0 rings (SSSR count). The number of nitrogens with one attached hydrogen (secondary N) is 8. The first-order chi connectivity index (χ1) is 38.4. The second kappa shape index (κ2) is 40.0. The van der Waals surface area contributed by atoms with E-state index in [0.717, 1.165) is 6.92 Å². The van der Waals surface area contributed by atoms with Gasteiger partial charge in [0.2, 0.25) is 59.1 Å². The van der Waals surface area contributed by atoms with Gasteiger partial charge in [-0.3, -0.25) is 62.9 Å². The normalized spacial score (nSPS) is 14.9. The third kappa shape index (κ3) is 31.5. The van der Waals surface area contributed by atoms with Crippen molar-refractivity contribution in [2.75, 3.05) is 32.7 Å². The number of aliphatic carboxylic acids is 1. The number of hydrogen-bond donors (Lipinski definition) is 22. The molecule has 0 unspecified atom stereocenters. The lowest BCUT2D eigenvalue weighted by molar-refractivity contribution is -0.142. The van der Waals surface area contributed by atoms with Gasteiger partial charge < -0.3 is 121 Å². The smallest absolute Gasteiger partial charge is 0.326 e. The summed E-state index contributed by atoms with van der Waals surface area (Å²) in [6, 6.07) is -14.7. The Labute approximate surface area is 473 Å². The van der Waals surface area contributed by atoms with Crippen LogP contribution in [0.1, 0.15) is 104 Å². The highest BCUT2D eigenvalue weighted by atomic mass is 16.4. The van der Waals surface area contributed by atoms with E-state index >= 15 is 0 Å². The van der Waals surface area contributed by atoms with Gasteiger partial charge in [0.05, 0.1) is 31.1 Å². The van der Waals surface area contributed by atoms with Crippen LogP contribution < -0.4 is 106 Å². The first-order valence-corrected chi connectivity index (χ1v) is 26.4. The monoisotopic (exact) mass is 1170 g/mol. The number of carboxylic acid groups (broad SMARTS) is 1. The van der Waals surface area contributed by atoms with E-state index in [1.54, 1.807) is 0 Å². The van der Waals surface area contributed by atoms with Crippen molar-refractivity contribution >= 4 is 82.9 Å². The first kappa shape index (κ1) is 73.8. The van der Waals surface area contributed by atoms with Crippen molar-refractivity contribution in [3.63, 3.8) is 0 Å². The maximum atomic E-state index is 14.2. The van der Waals surface area contributed by atoms with Crippen molar-refractivity contribution in [3.05, 3.63) is 0 Å². The van der Waals surface area contributed by atoms with Gasteiger partial charge in [-0.25, -0.2) is 4.79 Å². The van der Waals surface area contributed by atoms with Crippen LogP contribution >= 0.6 is 0 Å². The molecule has 0 aromatic heterocycles. The summed E-state index contributed by atoms with van der Waals surface area (Å²) in [6.45, 7) is 2.68. The SMILES string of the molecule is C[C@@H](O)[C@H](NC(=O)[C@H](CC(N)=O)NC(=O)[C@H](CCCN=C(N)N)NC(=O)[C@H](CCCCN)NC(=O)[C@@H](NC(=O)[C@H](CCCCN)NC(=O)[C@@H](N)CCCN=C(N)N)[C@@H](C)O)C(=O)N[C@@H](CC(N)=O)C(=O)N[C@@H](CCCN=C(N)N)C(=O)O. The van der Waals surface area contributed by atoms with E-state index in [1.807, 2.05) is 0 Å². The fraction of sp³-hybridized carbons (Fsp3) is 0.696. The summed E-state index contributed by atoms with van der Waals surface area (Å²) >= 11 is 0. The Morgan fingerprint density at radius 3 is 1.01 bits per heavy atom. The van der Waals surface area contributed by atoms with Crippen LogP contribution in [0.3, 0.4) is 0 Å². The van der Waals surface area contributed by atoms with Crippen LogP contribution in [0.4, 0.5) is 0 Å². The highest BCUT2D eigenvalue weighted by Crippen LogP contribution is 2.10. The molecule has 0 aromatic rings. The molecule has 0 radical (unpaired) electrons. The van der Waals surface area contributed by atoms with Crippen LogP contribution in [0.2, 0.25) is 0 Å². The van der Waals surface area contributed by atoms with Crippen molar-refractivity contribution < 1.29 is 68.1 Å². The van der Waals surface area contributed by atoms with Gasteiger partial charge in [-0.15, -0.1) is 0 Å². The lowest BCUT2D eigenvalue weighted by atomic mass is 10.0. The summed E-state index contributed by atoms with van der Waals surface area (Å²) in [4.78, 5) is 158. The van der Waals surface area contributed by atoms with E-state index in [-0.39, 0.29) is 102 Å². The van der Waals surface area contributed by atoms with E-state index < -0.39 is 144 Å². The Kier molecular flexibility index (Phi) is 36.0. The number of aliphatic imine (C=N–C) groups is 3. The molecule has 11 atom stereocenters. The minimum atomic E-state index is -2.02. The molecule has 36 heteroatoms. The summed E-state index contributed by atoms with van der Waals surface area (Å²) in [5.74, 6) is -13.3. The number of nitrogens with two attached hydrogens (primary N) is 11. The minimum absolute atomic E-state index is 0.0103. The van der Waals surface area contributed by atoms with Gasteiger partial charge >= 0.3 is 5.97 Å². The Balaban J connectivity index is 6.82. The van der Waals surface area contributed by atoms with Gasteiger partial charge in [-0.2, -0.15) is 0 Å². The molecule has 82 heavy (non-hydrogen) atoms. The number of carbonyl (C=O) groups excluding carboxylic acids is 10. The molecule has 36 nitrogen and oxygen atoms in total. The Morgan fingerprint density at radius 2 is 0.659 bits per heavy atom. The lowest BCUT2D eigenvalue weighted by Gasteiger charge is -2.29. The van der Waals surface area contributed by atoms with Crippen LogP contribution in [0, 0.1) is 0 Å². The molecule has 0 heterocycles. The van der Waals surface area contributed by atoms with Crippen LogP contribution in [-0.4, -0.2) is 198 Å².